The zero-order valence-corrected chi connectivity index (χ0v) is 20.0. The zero-order valence-electron chi connectivity index (χ0n) is 17.7. The molecule has 0 aromatic heterocycles. The van der Waals surface area contributed by atoms with Gasteiger partial charge in [-0.2, -0.15) is 0 Å². The number of urea groups is 1. The number of thioether (sulfide) groups is 1. The summed E-state index contributed by atoms with van der Waals surface area (Å²) >= 11 is 14.1. The van der Waals surface area contributed by atoms with Crippen LogP contribution in [0.5, 0.6) is 0 Å². The molecular weight excluding hydrogens is 451 g/mol. The minimum atomic E-state index is 0.00590. The Kier molecular flexibility index (Phi) is 8.58. The topological polar surface area (TPSA) is 43.8 Å². The Morgan fingerprint density at radius 2 is 1.97 bits per heavy atom. The van der Waals surface area contributed by atoms with E-state index in [1.807, 2.05) is 11.0 Å². The average Bonchev–Trinajstić information content (AvgIpc) is 2.70. The third-order valence-corrected chi connectivity index (χ3v) is 6.90. The standard InChI is InChI=1S/C24H28Cl2N2O2S/c1-17-5-3-6-22(11-17)31-10-4-9-27-14-19(12-18(2)29)15-28(24(27)30)16-20-7-8-21(25)13-23(20)26/h3,5-8,11,13,19,29H,2,4,9-10,12,14-16H2,1H3. The Balaban J connectivity index is 1.62. The van der Waals surface area contributed by atoms with Gasteiger partial charge >= 0.3 is 6.03 Å². The molecule has 1 heterocycles. The van der Waals surface area contributed by atoms with Crippen LogP contribution >= 0.6 is 35.0 Å². The van der Waals surface area contributed by atoms with Gasteiger partial charge in [0.2, 0.25) is 0 Å². The number of aliphatic hydroxyl groups is 1. The molecule has 1 N–H and O–H groups in total. The molecule has 1 aliphatic rings. The van der Waals surface area contributed by atoms with E-state index in [1.54, 1.807) is 28.8 Å². The normalized spacial score (nSPS) is 16.6. The third kappa shape index (κ3) is 7.09. The molecule has 0 radical (unpaired) electrons. The molecule has 2 aromatic carbocycles. The summed E-state index contributed by atoms with van der Waals surface area (Å²) in [5.41, 5.74) is 2.11. The summed E-state index contributed by atoms with van der Waals surface area (Å²) in [4.78, 5) is 18.1. The van der Waals surface area contributed by atoms with Crippen molar-refractivity contribution in [1.29, 1.82) is 0 Å². The lowest BCUT2D eigenvalue weighted by Crippen LogP contribution is -2.53. The summed E-state index contributed by atoms with van der Waals surface area (Å²) in [6.07, 6.45) is 1.37. The molecule has 2 aromatic rings. The Bertz CT molecular complexity index is 938. The number of rotatable bonds is 9. The highest BCUT2D eigenvalue weighted by Crippen LogP contribution is 2.27. The Hall–Kier alpha value is -1.82. The molecule has 0 saturated carbocycles. The molecule has 1 unspecified atom stereocenters. The van der Waals surface area contributed by atoms with Crippen molar-refractivity contribution in [2.75, 3.05) is 25.4 Å². The molecule has 0 bridgehead atoms. The largest absolute Gasteiger partial charge is 0.513 e. The summed E-state index contributed by atoms with van der Waals surface area (Å²) in [6.45, 7) is 8.00. The second-order valence-corrected chi connectivity index (χ2v) is 10.0. The average molecular weight is 479 g/mol. The first-order chi connectivity index (χ1) is 14.8. The molecule has 7 heteroatoms. The van der Waals surface area contributed by atoms with Gasteiger partial charge in [0, 0.05) is 53.5 Å². The number of benzene rings is 2. The molecule has 1 saturated heterocycles. The van der Waals surface area contributed by atoms with E-state index in [2.05, 4.69) is 37.8 Å². The molecule has 31 heavy (non-hydrogen) atoms. The number of carbonyl (C=O) groups excluding carboxylic acids is 1. The predicted octanol–water partition coefficient (Wildman–Crippen LogP) is 6.80. The summed E-state index contributed by atoms with van der Waals surface area (Å²) in [6, 6.07) is 13.8. The van der Waals surface area contributed by atoms with Crippen LogP contribution in [-0.4, -0.2) is 46.3 Å². The first kappa shape index (κ1) is 23.8. The molecule has 3 rings (SSSR count). The van der Waals surface area contributed by atoms with Crippen LogP contribution in [0.4, 0.5) is 4.79 Å². The number of aryl methyl sites for hydroxylation is 1. The molecule has 2 amide bonds. The number of allylic oxidation sites excluding steroid dienone is 1. The van der Waals surface area contributed by atoms with Gasteiger partial charge in [-0.3, -0.25) is 0 Å². The van der Waals surface area contributed by atoms with Crippen molar-refractivity contribution in [2.45, 2.75) is 31.2 Å². The van der Waals surface area contributed by atoms with Crippen molar-refractivity contribution in [2.24, 2.45) is 5.92 Å². The van der Waals surface area contributed by atoms with Gasteiger partial charge in [0.15, 0.2) is 0 Å². The maximum absolute atomic E-state index is 13.1. The maximum atomic E-state index is 13.1. The lowest BCUT2D eigenvalue weighted by atomic mass is 10.00. The highest BCUT2D eigenvalue weighted by Gasteiger charge is 2.32. The quantitative estimate of drug-likeness (QED) is 0.244. The van der Waals surface area contributed by atoms with E-state index >= 15 is 0 Å². The van der Waals surface area contributed by atoms with Crippen molar-refractivity contribution in [3.05, 3.63) is 76.0 Å². The SMILES string of the molecule is C=C(O)CC1CN(CCCSc2cccc(C)c2)C(=O)N(Cc2ccc(Cl)cc2Cl)C1. The van der Waals surface area contributed by atoms with Crippen LogP contribution in [0.15, 0.2) is 59.7 Å². The fraction of sp³-hybridized carbons (Fsp3) is 0.375. The molecule has 166 valence electrons. The van der Waals surface area contributed by atoms with Gasteiger partial charge in [0.05, 0.1) is 5.76 Å². The molecule has 0 spiro atoms. The molecule has 4 nitrogen and oxygen atoms in total. The van der Waals surface area contributed by atoms with E-state index in [0.29, 0.717) is 42.6 Å². The van der Waals surface area contributed by atoms with Gasteiger partial charge in [-0.05, 0) is 48.9 Å². The highest BCUT2D eigenvalue weighted by atomic mass is 35.5. The Morgan fingerprint density at radius 1 is 1.19 bits per heavy atom. The lowest BCUT2D eigenvalue weighted by Gasteiger charge is -2.40. The number of amides is 2. The van der Waals surface area contributed by atoms with Crippen LogP contribution in [0.3, 0.4) is 0 Å². The van der Waals surface area contributed by atoms with Crippen LogP contribution in [0.1, 0.15) is 24.0 Å². The van der Waals surface area contributed by atoms with Crippen LogP contribution in [0.2, 0.25) is 10.0 Å². The summed E-state index contributed by atoms with van der Waals surface area (Å²) in [5, 5.41) is 10.8. The van der Waals surface area contributed by atoms with E-state index < -0.39 is 0 Å². The van der Waals surface area contributed by atoms with Gasteiger partial charge in [-0.25, -0.2) is 4.79 Å². The minimum absolute atomic E-state index is 0.00590. The second-order valence-electron chi connectivity index (χ2n) is 8.00. The molecular formula is C24H28Cl2N2O2S. The summed E-state index contributed by atoms with van der Waals surface area (Å²) < 4.78 is 0. The Morgan fingerprint density at radius 3 is 2.68 bits per heavy atom. The molecule has 1 aliphatic heterocycles. The van der Waals surface area contributed by atoms with Crippen molar-refractivity contribution in [3.63, 3.8) is 0 Å². The monoisotopic (exact) mass is 478 g/mol. The summed E-state index contributed by atoms with van der Waals surface area (Å²) in [5.74, 6) is 1.22. The van der Waals surface area contributed by atoms with Crippen molar-refractivity contribution in [3.8, 4) is 0 Å². The Labute approximate surface area is 198 Å². The second kappa shape index (κ2) is 11.2. The van der Waals surface area contributed by atoms with Crippen molar-refractivity contribution < 1.29 is 9.90 Å². The van der Waals surface area contributed by atoms with Gasteiger partial charge < -0.3 is 14.9 Å². The van der Waals surface area contributed by atoms with E-state index in [0.717, 1.165) is 17.7 Å². The van der Waals surface area contributed by atoms with E-state index in [1.165, 1.54) is 10.5 Å². The number of halogens is 2. The van der Waals surface area contributed by atoms with Crippen LogP contribution < -0.4 is 0 Å². The van der Waals surface area contributed by atoms with Gasteiger partial charge in [0.1, 0.15) is 0 Å². The number of nitrogens with zero attached hydrogens (tertiary/aromatic N) is 2. The first-order valence-electron chi connectivity index (χ1n) is 10.4. The molecule has 1 fully saturated rings. The number of hydrogen-bond acceptors (Lipinski definition) is 3. The molecule has 0 aliphatic carbocycles. The summed E-state index contributed by atoms with van der Waals surface area (Å²) in [7, 11) is 0. The fourth-order valence-electron chi connectivity index (χ4n) is 3.82. The lowest BCUT2D eigenvalue weighted by molar-refractivity contribution is 0.0965. The molecule has 1 atom stereocenters. The third-order valence-electron chi connectivity index (χ3n) is 5.23. The number of aliphatic hydroxyl groups excluding tert-OH is 1. The smallest absolute Gasteiger partial charge is 0.320 e. The predicted molar refractivity (Wildman–Crippen MR) is 130 cm³/mol. The zero-order chi connectivity index (χ0) is 22.4. The van der Waals surface area contributed by atoms with Gasteiger partial charge in [-0.1, -0.05) is 53.5 Å². The van der Waals surface area contributed by atoms with Crippen LogP contribution in [0, 0.1) is 12.8 Å². The van der Waals surface area contributed by atoms with Crippen LogP contribution in [-0.2, 0) is 6.54 Å². The minimum Gasteiger partial charge on any atom is -0.513 e. The maximum Gasteiger partial charge on any atom is 0.320 e. The van der Waals surface area contributed by atoms with E-state index in [9.17, 15) is 9.90 Å². The van der Waals surface area contributed by atoms with Crippen LogP contribution in [0.25, 0.3) is 0 Å². The number of hydrogen-bond donors (Lipinski definition) is 1. The first-order valence-corrected chi connectivity index (χ1v) is 12.1. The highest BCUT2D eigenvalue weighted by molar-refractivity contribution is 7.99. The van der Waals surface area contributed by atoms with Gasteiger partial charge in [-0.15, -0.1) is 11.8 Å². The fourth-order valence-corrected chi connectivity index (χ4v) is 5.25. The number of carbonyl (C=O) groups is 1. The van der Waals surface area contributed by atoms with Crippen molar-refractivity contribution in [1.82, 2.24) is 9.80 Å². The van der Waals surface area contributed by atoms with Gasteiger partial charge in [0.25, 0.3) is 0 Å². The van der Waals surface area contributed by atoms with E-state index in [4.69, 9.17) is 23.2 Å². The van der Waals surface area contributed by atoms with Crippen molar-refractivity contribution >= 4 is 41.0 Å². The van der Waals surface area contributed by atoms with E-state index in [-0.39, 0.29) is 17.7 Å².